The van der Waals surface area contributed by atoms with E-state index in [9.17, 15) is 9.18 Å². The van der Waals surface area contributed by atoms with E-state index in [1.807, 2.05) is 0 Å². The first kappa shape index (κ1) is 11.2. The second-order valence-corrected chi connectivity index (χ2v) is 3.11. The van der Waals surface area contributed by atoms with Crippen molar-refractivity contribution in [1.82, 2.24) is 5.32 Å². The number of nitrogens with one attached hydrogen (secondary N) is 1. The number of carbonyl (C=O) groups is 1. The normalized spacial score (nSPS) is 10.5. The molecule has 1 aromatic rings. The molecule has 0 radical (unpaired) electrons. The first-order valence-corrected chi connectivity index (χ1v) is 4.55. The summed E-state index contributed by atoms with van der Waals surface area (Å²) >= 11 is 0. The van der Waals surface area contributed by atoms with E-state index in [1.165, 1.54) is 25.1 Å². The molecule has 0 unspecified atom stereocenters. The van der Waals surface area contributed by atoms with Gasteiger partial charge in [-0.15, -0.1) is 0 Å². The van der Waals surface area contributed by atoms with Crippen molar-refractivity contribution in [2.45, 2.75) is 6.92 Å². The van der Waals surface area contributed by atoms with Crippen LogP contribution in [0.3, 0.4) is 0 Å². The molecule has 0 spiro atoms. The molecule has 1 rings (SSSR count). The van der Waals surface area contributed by atoms with Crippen molar-refractivity contribution in [1.29, 1.82) is 0 Å². The summed E-state index contributed by atoms with van der Waals surface area (Å²) in [6.45, 7) is 1.84. The van der Waals surface area contributed by atoms with Gasteiger partial charge in [0.05, 0.1) is 0 Å². The molecular weight excluding hydrogens is 195 g/mol. The molecule has 15 heavy (non-hydrogen) atoms. The molecule has 0 heterocycles. The van der Waals surface area contributed by atoms with Gasteiger partial charge < -0.3 is 11.1 Å². The number of halogens is 1. The molecule has 0 aliphatic rings. The molecule has 0 fully saturated rings. The standard InChI is InChI=1S/C11H13FN2O/c1-8(15)14-6-2-3-9-7-10(12)4-5-11(9)13/h2-5,7H,6,13H2,1H3,(H,14,15). The van der Waals surface area contributed by atoms with E-state index in [1.54, 1.807) is 12.2 Å². The smallest absolute Gasteiger partial charge is 0.217 e. The lowest BCUT2D eigenvalue weighted by atomic mass is 10.1. The van der Waals surface area contributed by atoms with Gasteiger partial charge in [-0.25, -0.2) is 4.39 Å². The summed E-state index contributed by atoms with van der Waals surface area (Å²) in [7, 11) is 0. The monoisotopic (exact) mass is 208 g/mol. The third kappa shape index (κ3) is 3.81. The number of nitrogens with two attached hydrogens (primary N) is 1. The van der Waals surface area contributed by atoms with Gasteiger partial charge in [-0.05, 0) is 18.2 Å². The maximum Gasteiger partial charge on any atom is 0.217 e. The number of benzene rings is 1. The zero-order valence-corrected chi connectivity index (χ0v) is 8.46. The largest absolute Gasteiger partial charge is 0.398 e. The Kier molecular flexibility index (Phi) is 3.85. The molecule has 0 aliphatic carbocycles. The molecule has 1 aromatic carbocycles. The van der Waals surface area contributed by atoms with Crippen LogP contribution in [0.2, 0.25) is 0 Å². The molecule has 4 heteroatoms. The minimum Gasteiger partial charge on any atom is -0.398 e. The van der Waals surface area contributed by atoms with Crippen molar-refractivity contribution in [3.8, 4) is 0 Å². The molecule has 0 bridgehead atoms. The Labute approximate surface area is 87.8 Å². The van der Waals surface area contributed by atoms with Crippen LogP contribution in [0.15, 0.2) is 24.3 Å². The van der Waals surface area contributed by atoms with Crippen molar-refractivity contribution in [2.24, 2.45) is 0 Å². The highest BCUT2D eigenvalue weighted by Gasteiger charge is 1.96. The molecule has 0 saturated heterocycles. The number of hydrogen-bond donors (Lipinski definition) is 2. The third-order valence-electron chi connectivity index (χ3n) is 1.82. The van der Waals surface area contributed by atoms with Crippen LogP contribution in [0.25, 0.3) is 6.08 Å². The average molecular weight is 208 g/mol. The Morgan fingerprint density at radius 1 is 1.60 bits per heavy atom. The van der Waals surface area contributed by atoms with Crippen molar-refractivity contribution < 1.29 is 9.18 Å². The van der Waals surface area contributed by atoms with Gasteiger partial charge in [0.2, 0.25) is 5.91 Å². The van der Waals surface area contributed by atoms with Gasteiger partial charge in [-0.3, -0.25) is 4.79 Å². The Morgan fingerprint density at radius 3 is 3.00 bits per heavy atom. The maximum atomic E-state index is 12.8. The van der Waals surface area contributed by atoms with Crippen LogP contribution < -0.4 is 11.1 Å². The van der Waals surface area contributed by atoms with Crippen LogP contribution in [0.5, 0.6) is 0 Å². The van der Waals surface area contributed by atoms with Crippen LogP contribution in [0.4, 0.5) is 10.1 Å². The van der Waals surface area contributed by atoms with Crippen molar-refractivity contribution in [3.05, 3.63) is 35.7 Å². The lowest BCUT2D eigenvalue weighted by Crippen LogP contribution is -2.19. The molecule has 80 valence electrons. The first-order valence-electron chi connectivity index (χ1n) is 4.55. The minimum absolute atomic E-state index is 0.105. The highest BCUT2D eigenvalue weighted by molar-refractivity contribution is 5.73. The average Bonchev–Trinajstić information content (AvgIpc) is 2.17. The SMILES string of the molecule is CC(=O)NCC=Cc1cc(F)ccc1N. The summed E-state index contributed by atoms with van der Waals surface area (Å²) in [5, 5.41) is 2.59. The third-order valence-corrected chi connectivity index (χ3v) is 1.82. The van der Waals surface area contributed by atoms with E-state index in [4.69, 9.17) is 5.73 Å². The predicted molar refractivity (Wildman–Crippen MR) is 58.5 cm³/mol. The van der Waals surface area contributed by atoms with E-state index in [-0.39, 0.29) is 11.7 Å². The zero-order chi connectivity index (χ0) is 11.3. The Bertz CT molecular complexity index is 388. The minimum atomic E-state index is -0.330. The predicted octanol–water partition coefficient (Wildman–Crippen LogP) is 1.56. The van der Waals surface area contributed by atoms with E-state index in [0.717, 1.165) is 0 Å². The van der Waals surface area contributed by atoms with Gasteiger partial charge >= 0.3 is 0 Å². The van der Waals surface area contributed by atoms with Gasteiger partial charge in [-0.2, -0.15) is 0 Å². The van der Waals surface area contributed by atoms with E-state index in [0.29, 0.717) is 17.8 Å². The summed E-state index contributed by atoms with van der Waals surface area (Å²) in [5.41, 5.74) is 6.75. The van der Waals surface area contributed by atoms with Gasteiger partial charge in [0.25, 0.3) is 0 Å². The summed E-state index contributed by atoms with van der Waals surface area (Å²) < 4.78 is 12.8. The zero-order valence-electron chi connectivity index (χ0n) is 8.46. The second kappa shape index (κ2) is 5.14. The van der Waals surface area contributed by atoms with Gasteiger partial charge in [-0.1, -0.05) is 12.2 Å². The van der Waals surface area contributed by atoms with Crippen LogP contribution in [-0.4, -0.2) is 12.5 Å². The lowest BCUT2D eigenvalue weighted by molar-refractivity contribution is -0.118. The molecule has 0 aliphatic heterocycles. The number of anilines is 1. The fourth-order valence-electron chi connectivity index (χ4n) is 1.08. The molecule has 0 aromatic heterocycles. The highest BCUT2D eigenvalue weighted by atomic mass is 19.1. The number of amides is 1. The topological polar surface area (TPSA) is 55.1 Å². The lowest BCUT2D eigenvalue weighted by Gasteiger charge is -2.00. The fourth-order valence-corrected chi connectivity index (χ4v) is 1.08. The quantitative estimate of drug-likeness (QED) is 0.740. The summed E-state index contributed by atoms with van der Waals surface area (Å²) in [6.07, 6.45) is 3.39. The van der Waals surface area contributed by atoms with Crippen LogP contribution in [0.1, 0.15) is 12.5 Å². The molecule has 3 nitrogen and oxygen atoms in total. The Morgan fingerprint density at radius 2 is 2.33 bits per heavy atom. The molecular formula is C11H13FN2O. The molecule has 3 N–H and O–H groups in total. The number of hydrogen-bond acceptors (Lipinski definition) is 2. The van der Waals surface area contributed by atoms with E-state index in [2.05, 4.69) is 5.32 Å². The summed E-state index contributed by atoms with van der Waals surface area (Å²) in [4.78, 5) is 10.5. The fraction of sp³-hybridized carbons (Fsp3) is 0.182. The van der Waals surface area contributed by atoms with Crippen LogP contribution in [0, 0.1) is 5.82 Å². The number of nitrogen functional groups attached to an aromatic ring is 1. The highest BCUT2D eigenvalue weighted by Crippen LogP contribution is 2.14. The Hall–Kier alpha value is -1.84. The second-order valence-electron chi connectivity index (χ2n) is 3.11. The summed E-state index contributed by atoms with van der Waals surface area (Å²) in [5.74, 6) is -0.435. The van der Waals surface area contributed by atoms with E-state index < -0.39 is 0 Å². The van der Waals surface area contributed by atoms with Crippen molar-refractivity contribution in [3.63, 3.8) is 0 Å². The van der Waals surface area contributed by atoms with Crippen molar-refractivity contribution in [2.75, 3.05) is 12.3 Å². The molecule has 1 amide bonds. The van der Waals surface area contributed by atoms with Crippen molar-refractivity contribution >= 4 is 17.7 Å². The van der Waals surface area contributed by atoms with Gasteiger partial charge in [0, 0.05) is 24.7 Å². The maximum absolute atomic E-state index is 12.8. The number of rotatable bonds is 3. The van der Waals surface area contributed by atoms with Crippen LogP contribution in [-0.2, 0) is 4.79 Å². The number of carbonyl (C=O) groups excluding carboxylic acids is 1. The Balaban J connectivity index is 2.63. The summed E-state index contributed by atoms with van der Waals surface area (Å²) in [6, 6.07) is 4.16. The van der Waals surface area contributed by atoms with Gasteiger partial charge in [0.15, 0.2) is 0 Å². The first-order chi connectivity index (χ1) is 7.09. The van der Waals surface area contributed by atoms with Gasteiger partial charge in [0.1, 0.15) is 5.82 Å². The molecule has 0 atom stereocenters. The van der Waals surface area contributed by atoms with Crippen LogP contribution >= 0.6 is 0 Å². The molecule has 0 saturated carbocycles. The van der Waals surface area contributed by atoms with E-state index >= 15 is 0 Å².